The zero-order valence-corrected chi connectivity index (χ0v) is 13.9. The molecule has 1 fully saturated rings. The summed E-state index contributed by atoms with van der Waals surface area (Å²) < 4.78 is 5.39. The first-order chi connectivity index (χ1) is 9.65. The molecule has 1 atom stereocenters. The van der Waals surface area contributed by atoms with Crippen molar-refractivity contribution in [1.29, 1.82) is 0 Å². The van der Waals surface area contributed by atoms with Crippen molar-refractivity contribution in [2.75, 3.05) is 40.3 Å². The second kappa shape index (κ2) is 7.09. The summed E-state index contributed by atoms with van der Waals surface area (Å²) >= 11 is 0. The Kier molecular flexibility index (Phi) is 5.98. The van der Waals surface area contributed by atoms with Crippen molar-refractivity contribution in [3.63, 3.8) is 0 Å². The molecule has 0 bridgehead atoms. The summed E-state index contributed by atoms with van der Waals surface area (Å²) in [4.78, 5) is 33.4. The van der Waals surface area contributed by atoms with Gasteiger partial charge in [-0.1, -0.05) is 0 Å². The van der Waals surface area contributed by atoms with Crippen molar-refractivity contribution in [3.05, 3.63) is 0 Å². The van der Waals surface area contributed by atoms with Gasteiger partial charge < -0.3 is 9.64 Å². The molecule has 1 aliphatic heterocycles. The molecule has 21 heavy (non-hydrogen) atoms. The van der Waals surface area contributed by atoms with Gasteiger partial charge >= 0.3 is 6.09 Å². The molecule has 0 aliphatic carbocycles. The molecule has 1 saturated heterocycles. The first-order valence-electron chi connectivity index (χ1n) is 7.24. The number of likely N-dealkylation sites (N-methyl/N-ethyl adjacent to an activating group) is 2. The number of hydroxylamine groups is 2. The Bertz CT molecular complexity index is 381. The van der Waals surface area contributed by atoms with Crippen LogP contribution in [0.5, 0.6) is 0 Å². The molecule has 0 N–H and O–H groups in total. The van der Waals surface area contributed by atoms with Crippen LogP contribution in [-0.4, -0.2) is 78.8 Å². The number of carbonyl (C=O) groups is 2. The van der Waals surface area contributed by atoms with E-state index >= 15 is 0 Å². The van der Waals surface area contributed by atoms with Gasteiger partial charge in [0, 0.05) is 26.7 Å². The van der Waals surface area contributed by atoms with Gasteiger partial charge in [0.15, 0.2) is 0 Å². The summed E-state index contributed by atoms with van der Waals surface area (Å²) in [5.74, 6) is -0.241. The molecule has 1 rings (SSSR count). The van der Waals surface area contributed by atoms with Crippen LogP contribution in [0.3, 0.4) is 0 Å². The molecular weight excluding hydrogens is 274 g/mol. The zero-order valence-electron chi connectivity index (χ0n) is 13.9. The maximum atomic E-state index is 12.4. The predicted molar refractivity (Wildman–Crippen MR) is 78.6 cm³/mol. The van der Waals surface area contributed by atoms with Crippen molar-refractivity contribution >= 4 is 12.0 Å². The van der Waals surface area contributed by atoms with E-state index in [2.05, 4.69) is 0 Å². The summed E-state index contributed by atoms with van der Waals surface area (Å²) in [6.07, 6.45) is -0.459. The summed E-state index contributed by atoms with van der Waals surface area (Å²) in [5, 5.41) is 1.20. The van der Waals surface area contributed by atoms with Crippen molar-refractivity contribution in [3.8, 4) is 0 Å². The number of amides is 2. The number of hydrogen-bond acceptors (Lipinski definition) is 5. The molecule has 0 saturated carbocycles. The van der Waals surface area contributed by atoms with Crippen molar-refractivity contribution in [1.82, 2.24) is 14.9 Å². The van der Waals surface area contributed by atoms with Crippen LogP contribution in [-0.2, 0) is 14.4 Å². The van der Waals surface area contributed by atoms with E-state index in [-0.39, 0.29) is 5.91 Å². The molecule has 1 unspecified atom stereocenters. The minimum Gasteiger partial charge on any atom is -0.444 e. The quantitative estimate of drug-likeness (QED) is 0.726. The molecule has 2 amide bonds. The lowest BCUT2D eigenvalue weighted by molar-refractivity contribution is -0.183. The minimum atomic E-state index is -0.588. The fourth-order valence-corrected chi connectivity index (χ4v) is 2.14. The van der Waals surface area contributed by atoms with E-state index in [1.54, 1.807) is 7.05 Å². The van der Waals surface area contributed by atoms with Crippen LogP contribution in [0.1, 0.15) is 27.7 Å². The lowest BCUT2D eigenvalue weighted by atomic mass is 10.1. The number of nitrogens with zero attached hydrogens (tertiary/aromatic N) is 3. The second-order valence-corrected chi connectivity index (χ2v) is 6.21. The third-order valence-electron chi connectivity index (χ3n) is 3.13. The fourth-order valence-electron chi connectivity index (χ4n) is 2.14. The lowest BCUT2D eigenvalue weighted by Gasteiger charge is -2.40. The average Bonchev–Trinajstić information content (AvgIpc) is 2.35. The molecule has 0 radical (unpaired) electrons. The molecule has 0 aromatic carbocycles. The molecule has 1 heterocycles. The Morgan fingerprint density at radius 1 is 1.29 bits per heavy atom. The average molecular weight is 301 g/mol. The molecule has 7 nitrogen and oxygen atoms in total. The van der Waals surface area contributed by atoms with Gasteiger partial charge in [0.1, 0.15) is 11.6 Å². The van der Waals surface area contributed by atoms with Gasteiger partial charge in [0.2, 0.25) is 0 Å². The Morgan fingerprint density at radius 3 is 2.43 bits per heavy atom. The Balaban J connectivity index is 2.84. The topological polar surface area (TPSA) is 62.3 Å². The number of ether oxygens (including phenoxy) is 1. The second-order valence-electron chi connectivity index (χ2n) is 6.21. The van der Waals surface area contributed by atoms with Gasteiger partial charge in [0.25, 0.3) is 5.91 Å². The van der Waals surface area contributed by atoms with Crippen LogP contribution >= 0.6 is 0 Å². The highest BCUT2D eigenvalue weighted by molar-refractivity contribution is 5.85. The van der Waals surface area contributed by atoms with Gasteiger partial charge in [0.05, 0.1) is 6.61 Å². The molecule has 0 spiro atoms. The van der Waals surface area contributed by atoms with E-state index in [0.29, 0.717) is 26.2 Å². The Labute approximate surface area is 126 Å². The van der Waals surface area contributed by atoms with Gasteiger partial charge in [-0.05, 0) is 34.7 Å². The largest absolute Gasteiger partial charge is 0.444 e. The van der Waals surface area contributed by atoms with E-state index in [1.165, 1.54) is 9.96 Å². The van der Waals surface area contributed by atoms with Gasteiger partial charge in [-0.25, -0.2) is 9.86 Å². The van der Waals surface area contributed by atoms with Crippen molar-refractivity contribution < 1.29 is 19.2 Å². The SMILES string of the molecule is CCON(C)C(=O)C1CN(C)CCN1C(=O)OC(C)(C)C. The van der Waals surface area contributed by atoms with E-state index in [9.17, 15) is 9.59 Å². The highest BCUT2D eigenvalue weighted by atomic mass is 16.7. The Morgan fingerprint density at radius 2 is 1.90 bits per heavy atom. The normalized spacial score (nSPS) is 20.3. The summed E-state index contributed by atoms with van der Waals surface area (Å²) in [6.45, 7) is 9.27. The summed E-state index contributed by atoms with van der Waals surface area (Å²) in [5.41, 5.74) is -0.583. The third-order valence-corrected chi connectivity index (χ3v) is 3.13. The van der Waals surface area contributed by atoms with Crippen LogP contribution in [0, 0.1) is 0 Å². The highest BCUT2D eigenvalue weighted by Gasteiger charge is 2.38. The molecule has 0 aromatic rings. The van der Waals surface area contributed by atoms with Crippen LogP contribution < -0.4 is 0 Å². The van der Waals surface area contributed by atoms with E-state index in [4.69, 9.17) is 9.57 Å². The smallest absolute Gasteiger partial charge is 0.411 e. The summed E-state index contributed by atoms with van der Waals surface area (Å²) in [6, 6.07) is -0.588. The lowest BCUT2D eigenvalue weighted by Crippen LogP contribution is -2.60. The van der Waals surface area contributed by atoms with Crippen LogP contribution in [0.2, 0.25) is 0 Å². The number of piperazine rings is 1. The Hall–Kier alpha value is -1.34. The number of rotatable bonds is 3. The van der Waals surface area contributed by atoms with Gasteiger partial charge in [-0.3, -0.25) is 14.5 Å². The predicted octanol–water partition coefficient (Wildman–Crippen LogP) is 0.947. The third kappa shape index (κ3) is 5.17. The first-order valence-corrected chi connectivity index (χ1v) is 7.24. The number of hydrogen-bond donors (Lipinski definition) is 0. The molecule has 0 aromatic heterocycles. The number of carbonyl (C=O) groups excluding carboxylic acids is 2. The van der Waals surface area contributed by atoms with Crippen molar-refractivity contribution in [2.24, 2.45) is 0 Å². The van der Waals surface area contributed by atoms with Gasteiger partial charge in [-0.15, -0.1) is 0 Å². The molecule has 122 valence electrons. The van der Waals surface area contributed by atoms with Gasteiger partial charge in [-0.2, -0.15) is 0 Å². The maximum Gasteiger partial charge on any atom is 0.411 e. The monoisotopic (exact) mass is 301 g/mol. The maximum absolute atomic E-state index is 12.4. The van der Waals surface area contributed by atoms with Crippen molar-refractivity contribution in [2.45, 2.75) is 39.3 Å². The van der Waals surface area contributed by atoms with Crippen LogP contribution in [0.25, 0.3) is 0 Å². The zero-order chi connectivity index (χ0) is 16.2. The molecule has 7 heteroatoms. The van der Waals surface area contributed by atoms with Crippen LogP contribution in [0.4, 0.5) is 4.79 Å². The van der Waals surface area contributed by atoms with E-state index in [1.807, 2.05) is 39.6 Å². The van der Waals surface area contributed by atoms with E-state index in [0.717, 1.165) is 0 Å². The standard InChI is InChI=1S/C14H27N3O4/c1-7-20-16(6)12(18)11-10-15(5)8-9-17(11)13(19)21-14(2,3)4/h11H,7-10H2,1-6H3. The van der Waals surface area contributed by atoms with Crippen LogP contribution in [0.15, 0.2) is 0 Å². The fraction of sp³-hybridized carbons (Fsp3) is 0.857. The van der Waals surface area contributed by atoms with E-state index < -0.39 is 17.7 Å². The first kappa shape index (κ1) is 17.7. The molecule has 1 aliphatic rings. The summed E-state index contributed by atoms with van der Waals surface area (Å²) in [7, 11) is 3.49. The minimum absolute atomic E-state index is 0.241. The highest BCUT2D eigenvalue weighted by Crippen LogP contribution is 2.16. The molecular formula is C14H27N3O4.